The van der Waals surface area contributed by atoms with Gasteiger partial charge in [-0.25, -0.2) is 17.9 Å². The van der Waals surface area contributed by atoms with Crippen molar-refractivity contribution in [2.75, 3.05) is 13.7 Å². The van der Waals surface area contributed by atoms with Crippen LogP contribution in [0.3, 0.4) is 0 Å². The first-order valence-corrected chi connectivity index (χ1v) is 8.79. The van der Waals surface area contributed by atoms with E-state index in [2.05, 4.69) is 9.46 Å². The van der Waals surface area contributed by atoms with Gasteiger partial charge in [0.05, 0.1) is 23.6 Å². The molecule has 1 atom stereocenters. The molecule has 0 saturated carbocycles. The lowest BCUT2D eigenvalue weighted by atomic mass is 10.2. The summed E-state index contributed by atoms with van der Waals surface area (Å²) in [7, 11) is -2.53. The van der Waals surface area contributed by atoms with Crippen LogP contribution in [0.4, 0.5) is 0 Å². The van der Waals surface area contributed by atoms with Crippen molar-refractivity contribution in [1.82, 2.24) is 4.72 Å². The van der Waals surface area contributed by atoms with Crippen molar-refractivity contribution >= 4 is 16.0 Å². The second kappa shape index (κ2) is 7.94. The van der Waals surface area contributed by atoms with Crippen LogP contribution < -0.4 is 9.46 Å². The van der Waals surface area contributed by atoms with Crippen molar-refractivity contribution in [3.05, 3.63) is 60.2 Å². The Morgan fingerprint density at radius 2 is 1.83 bits per heavy atom. The quantitative estimate of drug-likeness (QED) is 0.775. The lowest BCUT2D eigenvalue weighted by Crippen LogP contribution is -2.36. The van der Waals surface area contributed by atoms with E-state index in [-0.39, 0.29) is 17.1 Å². The van der Waals surface area contributed by atoms with E-state index in [9.17, 15) is 13.2 Å². The van der Waals surface area contributed by atoms with Crippen LogP contribution in [0.2, 0.25) is 0 Å². The minimum absolute atomic E-state index is 0.00281. The van der Waals surface area contributed by atoms with Crippen LogP contribution in [0, 0.1) is 0 Å². The monoisotopic (exact) mass is 349 g/mol. The highest BCUT2D eigenvalue weighted by molar-refractivity contribution is 7.89. The number of esters is 1. The summed E-state index contributed by atoms with van der Waals surface area (Å²) in [6, 6.07) is 14.4. The number of carbonyl (C=O) groups is 1. The number of sulfonamides is 1. The number of rotatable bonds is 7. The fourth-order valence-corrected chi connectivity index (χ4v) is 3.29. The van der Waals surface area contributed by atoms with Gasteiger partial charge in [-0.3, -0.25) is 0 Å². The summed E-state index contributed by atoms with van der Waals surface area (Å²) >= 11 is 0. The number of para-hydroxylation sites is 1. The van der Waals surface area contributed by atoms with E-state index in [1.165, 1.54) is 31.4 Å². The highest BCUT2D eigenvalue weighted by Gasteiger charge is 2.19. The summed E-state index contributed by atoms with van der Waals surface area (Å²) in [6.45, 7) is 1.88. The molecule has 24 heavy (non-hydrogen) atoms. The van der Waals surface area contributed by atoms with Crippen molar-refractivity contribution in [2.45, 2.75) is 17.9 Å². The van der Waals surface area contributed by atoms with E-state index in [1.807, 2.05) is 18.2 Å². The Bertz CT molecular complexity index is 790. The molecule has 1 N–H and O–H groups in total. The maximum Gasteiger partial charge on any atom is 0.337 e. The van der Waals surface area contributed by atoms with Gasteiger partial charge in [0, 0.05) is 0 Å². The molecule has 7 heteroatoms. The van der Waals surface area contributed by atoms with Gasteiger partial charge in [0.1, 0.15) is 12.4 Å². The van der Waals surface area contributed by atoms with Gasteiger partial charge in [-0.15, -0.1) is 0 Å². The van der Waals surface area contributed by atoms with Crippen LogP contribution in [0.5, 0.6) is 5.75 Å². The Balaban J connectivity index is 2.03. The van der Waals surface area contributed by atoms with Gasteiger partial charge in [-0.05, 0) is 37.3 Å². The van der Waals surface area contributed by atoms with Crippen LogP contribution in [0.15, 0.2) is 59.5 Å². The van der Waals surface area contributed by atoms with Gasteiger partial charge in [-0.1, -0.05) is 24.3 Å². The predicted molar refractivity (Wildman–Crippen MR) is 89.5 cm³/mol. The number of methoxy groups -OCH3 is 1. The zero-order valence-electron chi connectivity index (χ0n) is 13.4. The molecule has 0 saturated heterocycles. The summed E-state index contributed by atoms with van der Waals surface area (Å²) < 4.78 is 37.4. The van der Waals surface area contributed by atoms with Crippen LogP contribution in [0.1, 0.15) is 17.3 Å². The highest BCUT2D eigenvalue weighted by Crippen LogP contribution is 2.13. The molecule has 0 radical (unpaired) electrons. The van der Waals surface area contributed by atoms with Gasteiger partial charge < -0.3 is 9.47 Å². The van der Waals surface area contributed by atoms with Crippen molar-refractivity contribution in [3.63, 3.8) is 0 Å². The van der Waals surface area contributed by atoms with E-state index in [1.54, 1.807) is 19.1 Å². The third-order valence-electron chi connectivity index (χ3n) is 3.16. The molecule has 2 rings (SSSR count). The zero-order valence-corrected chi connectivity index (χ0v) is 14.2. The van der Waals surface area contributed by atoms with Crippen LogP contribution in [-0.2, 0) is 14.8 Å². The fourth-order valence-electron chi connectivity index (χ4n) is 2.01. The van der Waals surface area contributed by atoms with Gasteiger partial charge in [0.2, 0.25) is 10.0 Å². The van der Waals surface area contributed by atoms with Gasteiger partial charge >= 0.3 is 5.97 Å². The summed E-state index contributed by atoms with van der Waals surface area (Å²) in [5.74, 6) is 0.0729. The molecular weight excluding hydrogens is 330 g/mol. The second-order valence-corrected chi connectivity index (χ2v) is 6.88. The Morgan fingerprint density at radius 3 is 2.50 bits per heavy atom. The number of ether oxygens (including phenoxy) is 2. The number of benzene rings is 2. The molecule has 6 nitrogen and oxygen atoms in total. The molecule has 0 aliphatic heterocycles. The van der Waals surface area contributed by atoms with Crippen molar-refractivity contribution < 1.29 is 22.7 Å². The molecule has 0 spiro atoms. The molecule has 0 aliphatic carbocycles. The Hall–Kier alpha value is -2.38. The minimum atomic E-state index is -3.77. The third kappa shape index (κ3) is 4.81. The molecule has 0 aromatic heterocycles. The molecule has 0 fully saturated rings. The lowest BCUT2D eigenvalue weighted by Gasteiger charge is -2.15. The smallest absolute Gasteiger partial charge is 0.337 e. The first-order valence-electron chi connectivity index (χ1n) is 7.31. The summed E-state index contributed by atoms with van der Waals surface area (Å²) in [5, 5.41) is 0. The third-order valence-corrected chi connectivity index (χ3v) is 4.75. The van der Waals surface area contributed by atoms with Gasteiger partial charge in [0.25, 0.3) is 0 Å². The van der Waals surface area contributed by atoms with Gasteiger partial charge in [-0.2, -0.15) is 0 Å². The molecule has 0 heterocycles. The number of carbonyl (C=O) groups excluding carboxylic acids is 1. The summed E-state index contributed by atoms with van der Waals surface area (Å²) in [4.78, 5) is 11.5. The van der Waals surface area contributed by atoms with Crippen molar-refractivity contribution in [1.29, 1.82) is 0 Å². The van der Waals surface area contributed by atoms with E-state index in [0.29, 0.717) is 5.75 Å². The minimum Gasteiger partial charge on any atom is -0.492 e. The lowest BCUT2D eigenvalue weighted by molar-refractivity contribution is 0.0600. The predicted octanol–water partition coefficient (Wildman–Crippen LogP) is 2.22. The van der Waals surface area contributed by atoms with E-state index < -0.39 is 22.0 Å². The summed E-state index contributed by atoms with van der Waals surface area (Å²) in [5.41, 5.74) is 0.175. The molecule has 0 aliphatic rings. The average molecular weight is 349 g/mol. The van der Waals surface area contributed by atoms with Crippen LogP contribution in [-0.4, -0.2) is 34.1 Å². The number of nitrogens with one attached hydrogen (secondary N) is 1. The Morgan fingerprint density at radius 1 is 1.12 bits per heavy atom. The van der Waals surface area contributed by atoms with Crippen LogP contribution >= 0.6 is 0 Å². The highest BCUT2D eigenvalue weighted by atomic mass is 32.2. The van der Waals surface area contributed by atoms with E-state index >= 15 is 0 Å². The van der Waals surface area contributed by atoms with Crippen molar-refractivity contribution in [2.24, 2.45) is 0 Å². The first-order chi connectivity index (χ1) is 11.4. The fraction of sp³-hybridized carbons (Fsp3) is 0.235. The summed E-state index contributed by atoms with van der Waals surface area (Å²) in [6.07, 6.45) is 0. The molecular formula is C17H19NO5S. The van der Waals surface area contributed by atoms with Gasteiger partial charge in [0.15, 0.2) is 0 Å². The van der Waals surface area contributed by atoms with Crippen LogP contribution in [0.25, 0.3) is 0 Å². The largest absolute Gasteiger partial charge is 0.492 e. The molecule has 0 unspecified atom stereocenters. The number of hydrogen-bond acceptors (Lipinski definition) is 5. The second-order valence-electron chi connectivity index (χ2n) is 5.17. The molecule has 0 amide bonds. The molecule has 128 valence electrons. The normalized spacial score (nSPS) is 12.4. The van der Waals surface area contributed by atoms with Crippen molar-refractivity contribution in [3.8, 4) is 5.75 Å². The SMILES string of the molecule is COC(=O)c1cccc(S(=O)(=O)N[C@@H](C)COc2ccccc2)c1. The van der Waals surface area contributed by atoms with E-state index in [4.69, 9.17) is 4.74 Å². The topological polar surface area (TPSA) is 81.7 Å². The average Bonchev–Trinajstić information content (AvgIpc) is 2.60. The maximum absolute atomic E-state index is 12.4. The zero-order chi connectivity index (χ0) is 17.6. The Labute approximate surface area is 141 Å². The first kappa shape index (κ1) is 18.0. The Kier molecular flexibility index (Phi) is 5.94. The number of hydrogen-bond donors (Lipinski definition) is 1. The standard InChI is InChI=1S/C17H19NO5S/c1-13(12-23-15-8-4-3-5-9-15)18-24(20,21)16-10-6-7-14(11-16)17(19)22-2/h3-11,13,18H,12H2,1-2H3/t13-/m0/s1. The molecule has 2 aromatic rings. The van der Waals surface area contributed by atoms with E-state index in [0.717, 1.165) is 0 Å². The molecule has 2 aromatic carbocycles. The maximum atomic E-state index is 12.4. The molecule has 0 bridgehead atoms.